The van der Waals surface area contributed by atoms with Gasteiger partial charge in [-0.1, -0.05) is 12.1 Å². The molecule has 0 aliphatic heterocycles. The third kappa shape index (κ3) is 3.86. The summed E-state index contributed by atoms with van der Waals surface area (Å²) in [5.41, 5.74) is 1.58. The van der Waals surface area contributed by atoms with Crippen LogP contribution in [0.15, 0.2) is 42.5 Å². The van der Waals surface area contributed by atoms with Gasteiger partial charge in [-0.2, -0.15) is 5.26 Å². The molecule has 1 unspecified atom stereocenters. The van der Waals surface area contributed by atoms with Gasteiger partial charge in [-0.15, -0.1) is 0 Å². The van der Waals surface area contributed by atoms with E-state index in [0.29, 0.717) is 11.4 Å². The average Bonchev–Trinajstić information content (AvgIpc) is 2.49. The van der Waals surface area contributed by atoms with E-state index >= 15 is 0 Å². The van der Waals surface area contributed by atoms with Gasteiger partial charge in [0.1, 0.15) is 11.8 Å². The van der Waals surface area contributed by atoms with Crippen LogP contribution in [0.25, 0.3) is 0 Å². The summed E-state index contributed by atoms with van der Waals surface area (Å²) < 4.78 is 18.4. The molecule has 2 rings (SSSR count). The fourth-order valence-electron chi connectivity index (χ4n) is 1.90. The molecule has 0 spiro atoms. The SMILES string of the molecule is CC(Nc1ccc(O)c(F)c1)c1ccc(OCC#N)cc1. The minimum absolute atomic E-state index is 0.0138. The number of ether oxygens (including phenoxy) is 1. The molecule has 0 aliphatic rings. The van der Waals surface area contributed by atoms with E-state index in [4.69, 9.17) is 15.1 Å². The summed E-state index contributed by atoms with van der Waals surface area (Å²) in [6.07, 6.45) is 0. The number of benzene rings is 2. The fourth-order valence-corrected chi connectivity index (χ4v) is 1.90. The number of halogens is 1. The minimum atomic E-state index is -0.660. The second-order valence-electron chi connectivity index (χ2n) is 4.55. The van der Waals surface area contributed by atoms with Crippen molar-refractivity contribution in [1.29, 1.82) is 5.26 Å². The Balaban J connectivity index is 2.04. The molecule has 2 aromatic carbocycles. The lowest BCUT2D eigenvalue weighted by Gasteiger charge is -2.16. The molecule has 0 heterocycles. The summed E-state index contributed by atoms with van der Waals surface area (Å²) in [5, 5.41) is 20.7. The first-order valence-electron chi connectivity index (χ1n) is 6.45. The number of phenolic OH excluding ortho intramolecular Hbond substituents is 1. The summed E-state index contributed by atoms with van der Waals surface area (Å²) >= 11 is 0. The van der Waals surface area contributed by atoms with E-state index in [9.17, 15) is 4.39 Å². The van der Waals surface area contributed by atoms with E-state index in [1.54, 1.807) is 18.2 Å². The first-order valence-corrected chi connectivity index (χ1v) is 6.45. The Morgan fingerprint density at radius 1 is 1.29 bits per heavy atom. The highest BCUT2D eigenvalue weighted by Gasteiger charge is 2.07. The van der Waals surface area contributed by atoms with Crippen molar-refractivity contribution in [2.45, 2.75) is 13.0 Å². The van der Waals surface area contributed by atoms with Crippen LogP contribution in [0.3, 0.4) is 0 Å². The Hall–Kier alpha value is -2.74. The van der Waals surface area contributed by atoms with Gasteiger partial charge in [0.25, 0.3) is 0 Å². The van der Waals surface area contributed by atoms with Gasteiger partial charge in [-0.3, -0.25) is 0 Å². The van der Waals surface area contributed by atoms with Crippen LogP contribution in [-0.4, -0.2) is 11.7 Å². The second-order valence-corrected chi connectivity index (χ2v) is 4.55. The molecule has 1 atom stereocenters. The Morgan fingerprint density at radius 2 is 2.00 bits per heavy atom. The Bertz CT molecular complexity index is 650. The molecule has 2 aromatic rings. The topological polar surface area (TPSA) is 65.3 Å². The van der Waals surface area contributed by atoms with Crippen molar-refractivity contribution in [2.24, 2.45) is 0 Å². The zero-order chi connectivity index (χ0) is 15.2. The van der Waals surface area contributed by atoms with Gasteiger partial charge in [0.15, 0.2) is 18.2 Å². The van der Waals surface area contributed by atoms with Crippen LogP contribution in [0, 0.1) is 17.1 Å². The molecule has 5 heteroatoms. The number of anilines is 1. The predicted molar refractivity (Wildman–Crippen MR) is 77.7 cm³/mol. The number of hydrogen-bond donors (Lipinski definition) is 2. The van der Waals surface area contributed by atoms with Crippen LogP contribution in [-0.2, 0) is 0 Å². The number of rotatable bonds is 5. The van der Waals surface area contributed by atoms with E-state index in [0.717, 1.165) is 5.56 Å². The first-order chi connectivity index (χ1) is 10.1. The predicted octanol–water partition coefficient (Wildman–Crippen LogP) is 3.61. The Labute approximate surface area is 122 Å². The van der Waals surface area contributed by atoms with E-state index in [-0.39, 0.29) is 18.4 Å². The number of nitriles is 1. The highest BCUT2D eigenvalue weighted by Crippen LogP contribution is 2.24. The normalized spacial score (nSPS) is 11.5. The standard InChI is InChI=1S/C16H15FN2O2/c1-11(19-13-4-7-16(20)15(17)10-13)12-2-5-14(6-3-12)21-9-8-18/h2-7,10-11,19-20H,9H2,1H3. The molecule has 108 valence electrons. The lowest BCUT2D eigenvalue weighted by molar-refractivity contribution is 0.368. The number of nitrogens with one attached hydrogen (secondary N) is 1. The van der Waals surface area contributed by atoms with Crippen LogP contribution in [0.1, 0.15) is 18.5 Å². The molecule has 0 fully saturated rings. The first kappa shape index (κ1) is 14.7. The van der Waals surface area contributed by atoms with Crippen LogP contribution < -0.4 is 10.1 Å². The van der Waals surface area contributed by atoms with E-state index in [1.165, 1.54) is 12.1 Å². The molecular weight excluding hydrogens is 271 g/mol. The third-order valence-corrected chi connectivity index (χ3v) is 3.01. The van der Waals surface area contributed by atoms with Crippen molar-refractivity contribution in [2.75, 3.05) is 11.9 Å². The highest BCUT2D eigenvalue weighted by molar-refractivity contribution is 5.48. The summed E-state index contributed by atoms with van der Waals surface area (Å²) in [7, 11) is 0. The number of phenols is 1. The second kappa shape index (κ2) is 6.62. The van der Waals surface area contributed by atoms with E-state index in [1.807, 2.05) is 25.1 Å². The van der Waals surface area contributed by atoms with Gasteiger partial charge >= 0.3 is 0 Å². The molecule has 0 aliphatic carbocycles. The van der Waals surface area contributed by atoms with Crippen molar-refractivity contribution in [3.05, 3.63) is 53.8 Å². The maximum atomic E-state index is 13.3. The molecule has 0 aromatic heterocycles. The summed E-state index contributed by atoms with van der Waals surface area (Å²) in [6.45, 7) is 1.95. The van der Waals surface area contributed by atoms with Crippen LogP contribution in [0.4, 0.5) is 10.1 Å². The highest BCUT2D eigenvalue weighted by atomic mass is 19.1. The van der Waals surface area contributed by atoms with Gasteiger partial charge < -0.3 is 15.2 Å². The van der Waals surface area contributed by atoms with Gasteiger partial charge in [0.05, 0.1) is 0 Å². The van der Waals surface area contributed by atoms with Crippen molar-refractivity contribution in [3.63, 3.8) is 0 Å². The zero-order valence-corrected chi connectivity index (χ0v) is 11.5. The molecule has 0 bridgehead atoms. The molecule has 0 amide bonds. The van der Waals surface area contributed by atoms with Crippen LogP contribution in [0.2, 0.25) is 0 Å². The monoisotopic (exact) mass is 286 g/mol. The van der Waals surface area contributed by atoms with Crippen molar-refractivity contribution >= 4 is 5.69 Å². The molecule has 0 saturated heterocycles. The van der Waals surface area contributed by atoms with Crippen molar-refractivity contribution in [1.82, 2.24) is 0 Å². The summed E-state index contributed by atoms with van der Waals surface area (Å²) in [5.74, 6) is -0.400. The molecule has 4 nitrogen and oxygen atoms in total. The lowest BCUT2D eigenvalue weighted by atomic mass is 10.1. The quantitative estimate of drug-likeness (QED) is 0.824. The average molecular weight is 286 g/mol. The van der Waals surface area contributed by atoms with Crippen molar-refractivity contribution in [3.8, 4) is 17.6 Å². The number of hydrogen-bond acceptors (Lipinski definition) is 4. The smallest absolute Gasteiger partial charge is 0.174 e. The molecule has 0 radical (unpaired) electrons. The molecular formula is C16H15FN2O2. The Morgan fingerprint density at radius 3 is 2.62 bits per heavy atom. The molecule has 21 heavy (non-hydrogen) atoms. The minimum Gasteiger partial charge on any atom is -0.505 e. The van der Waals surface area contributed by atoms with Crippen LogP contribution in [0.5, 0.6) is 11.5 Å². The Kier molecular flexibility index (Phi) is 4.62. The molecule has 0 saturated carbocycles. The molecule has 2 N–H and O–H groups in total. The summed E-state index contributed by atoms with van der Waals surface area (Å²) in [6, 6.07) is 13.3. The fraction of sp³-hybridized carbons (Fsp3) is 0.188. The van der Waals surface area contributed by atoms with E-state index in [2.05, 4.69) is 5.32 Å². The van der Waals surface area contributed by atoms with Gasteiger partial charge in [-0.25, -0.2) is 4.39 Å². The number of aromatic hydroxyl groups is 1. The van der Waals surface area contributed by atoms with Crippen LogP contribution >= 0.6 is 0 Å². The van der Waals surface area contributed by atoms with E-state index < -0.39 is 5.82 Å². The maximum Gasteiger partial charge on any atom is 0.174 e. The van der Waals surface area contributed by atoms with Gasteiger partial charge in [0, 0.05) is 17.8 Å². The zero-order valence-electron chi connectivity index (χ0n) is 11.5. The van der Waals surface area contributed by atoms with Crippen molar-refractivity contribution < 1.29 is 14.2 Å². The third-order valence-electron chi connectivity index (χ3n) is 3.01. The largest absolute Gasteiger partial charge is 0.505 e. The van der Waals surface area contributed by atoms with Gasteiger partial charge in [-0.05, 0) is 36.8 Å². The summed E-state index contributed by atoms with van der Waals surface area (Å²) in [4.78, 5) is 0. The lowest BCUT2D eigenvalue weighted by Crippen LogP contribution is -2.06. The van der Waals surface area contributed by atoms with Gasteiger partial charge in [0.2, 0.25) is 0 Å². The number of nitrogens with zero attached hydrogens (tertiary/aromatic N) is 1. The maximum absolute atomic E-state index is 13.3.